The summed E-state index contributed by atoms with van der Waals surface area (Å²) < 4.78 is 38.7. The average Bonchev–Trinajstić information content (AvgIpc) is 2.78. The van der Waals surface area contributed by atoms with Crippen molar-refractivity contribution in [2.45, 2.75) is 22.7 Å². The molecule has 8 nitrogen and oxygen atoms in total. The van der Waals surface area contributed by atoms with E-state index in [1.807, 2.05) is 4.90 Å². The van der Waals surface area contributed by atoms with Gasteiger partial charge in [-0.2, -0.15) is 13.2 Å². The summed E-state index contributed by atoms with van der Waals surface area (Å²) in [4.78, 5) is 39.9. The van der Waals surface area contributed by atoms with Gasteiger partial charge >= 0.3 is 6.18 Å². The van der Waals surface area contributed by atoms with Crippen LogP contribution >= 0.6 is 11.8 Å². The molecule has 2 heterocycles. The number of nitro benzene ring substituents is 1. The topological polar surface area (TPSA) is 95.8 Å². The van der Waals surface area contributed by atoms with E-state index >= 15 is 0 Å². The van der Waals surface area contributed by atoms with Crippen LogP contribution in [0.1, 0.15) is 12.0 Å². The van der Waals surface area contributed by atoms with Gasteiger partial charge in [-0.05, 0) is 24.3 Å². The third-order valence-electron chi connectivity index (χ3n) is 5.54. The van der Waals surface area contributed by atoms with Gasteiger partial charge in [0.15, 0.2) is 0 Å². The molecule has 0 spiro atoms. The molecule has 33 heavy (non-hydrogen) atoms. The van der Waals surface area contributed by atoms with Gasteiger partial charge < -0.3 is 15.1 Å². The van der Waals surface area contributed by atoms with E-state index in [0.29, 0.717) is 36.8 Å². The van der Waals surface area contributed by atoms with E-state index < -0.39 is 27.8 Å². The highest BCUT2D eigenvalue weighted by Crippen LogP contribution is 2.40. The molecule has 174 valence electrons. The Labute approximate surface area is 190 Å². The summed E-state index contributed by atoms with van der Waals surface area (Å²) in [7, 11) is 0. The Balaban J connectivity index is 1.37. The van der Waals surface area contributed by atoms with E-state index in [0.717, 1.165) is 23.9 Å². The van der Waals surface area contributed by atoms with Gasteiger partial charge in [0.05, 0.1) is 21.4 Å². The molecule has 12 heteroatoms. The summed E-state index contributed by atoms with van der Waals surface area (Å²) >= 11 is 1.07. The number of alkyl halides is 3. The first-order valence-electron chi connectivity index (χ1n) is 10.1. The first-order chi connectivity index (χ1) is 15.6. The minimum absolute atomic E-state index is 0.0000935. The third kappa shape index (κ3) is 4.90. The largest absolute Gasteiger partial charge is 0.416 e. The van der Waals surface area contributed by atoms with Crippen LogP contribution in [0.25, 0.3) is 0 Å². The van der Waals surface area contributed by atoms with Crippen molar-refractivity contribution in [1.82, 2.24) is 4.90 Å². The van der Waals surface area contributed by atoms with E-state index in [2.05, 4.69) is 5.32 Å². The third-order valence-corrected chi connectivity index (χ3v) is 6.81. The lowest BCUT2D eigenvalue weighted by Crippen LogP contribution is -2.50. The number of amides is 2. The fourth-order valence-corrected chi connectivity index (χ4v) is 4.91. The average molecular weight is 480 g/mol. The maximum Gasteiger partial charge on any atom is 0.416 e. The number of nitrogens with one attached hydrogen (secondary N) is 1. The zero-order chi connectivity index (χ0) is 23.8. The van der Waals surface area contributed by atoms with Gasteiger partial charge in [0.1, 0.15) is 5.69 Å². The van der Waals surface area contributed by atoms with E-state index in [4.69, 9.17) is 0 Å². The maximum absolute atomic E-state index is 12.9. The van der Waals surface area contributed by atoms with Gasteiger partial charge in [-0.15, -0.1) is 11.8 Å². The number of fused-ring (bicyclic) bond motifs is 1. The molecule has 2 aliphatic rings. The zero-order valence-electron chi connectivity index (χ0n) is 17.2. The quantitative estimate of drug-likeness (QED) is 0.529. The summed E-state index contributed by atoms with van der Waals surface area (Å²) in [6.07, 6.45) is -4.61. The number of hydrogen-bond acceptors (Lipinski definition) is 6. The predicted molar refractivity (Wildman–Crippen MR) is 116 cm³/mol. The molecule has 1 atom stereocenters. The van der Waals surface area contributed by atoms with Gasteiger partial charge in [-0.3, -0.25) is 19.7 Å². The minimum atomic E-state index is -4.51. The van der Waals surface area contributed by atoms with Crippen LogP contribution in [0.2, 0.25) is 0 Å². The molecule has 0 saturated carbocycles. The van der Waals surface area contributed by atoms with Crippen molar-refractivity contribution in [3.05, 3.63) is 58.1 Å². The number of halogens is 3. The number of nitro groups is 1. The smallest absolute Gasteiger partial charge is 0.362 e. The number of nitrogens with zero attached hydrogens (tertiary/aromatic N) is 3. The van der Waals surface area contributed by atoms with Crippen LogP contribution in [-0.2, 0) is 15.8 Å². The molecule has 2 aliphatic heterocycles. The Morgan fingerprint density at radius 3 is 2.52 bits per heavy atom. The molecular formula is C21H19F3N4O4S. The Morgan fingerprint density at radius 1 is 1.15 bits per heavy atom. The number of anilines is 2. The highest BCUT2D eigenvalue weighted by atomic mass is 32.2. The van der Waals surface area contributed by atoms with Crippen molar-refractivity contribution < 1.29 is 27.7 Å². The molecule has 0 aliphatic carbocycles. The number of piperazine rings is 1. The van der Waals surface area contributed by atoms with E-state index in [9.17, 15) is 32.9 Å². The summed E-state index contributed by atoms with van der Waals surface area (Å²) in [6, 6.07) is 9.54. The molecule has 2 aromatic rings. The highest BCUT2D eigenvalue weighted by molar-refractivity contribution is 8.01. The van der Waals surface area contributed by atoms with Gasteiger partial charge in [0, 0.05) is 43.6 Å². The van der Waals surface area contributed by atoms with Crippen molar-refractivity contribution in [2.24, 2.45) is 0 Å². The lowest BCUT2D eigenvalue weighted by atomic mass is 10.1. The molecule has 2 amide bonds. The lowest BCUT2D eigenvalue weighted by molar-refractivity contribution is -0.384. The first-order valence-corrected chi connectivity index (χ1v) is 11.0. The SMILES string of the molecule is O=C1Nc2cc(C(F)(F)F)ccc2S[C@@H]1CC(=O)N1CCN(c2ccccc2[N+](=O)[O-])CC1. The molecule has 0 unspecified atom stereocenters. The molecule has 1 fully saturated rings. The second-order valence-electron chi connectivity index (χ2n) is 7.62. The molecule has 1 saturated heterocycles. The normalized spacial score (nSPS) is 18.5. The van der Waals surface area contributed by atoms with Crippen LogP contribution in [0.5, 0.6) is 0 Å². The molecule has 0 bridgehead atoms. The first kappa shape index (κ1) is 22.9. The van der Waals surface area contributed by atoms with Gasteiger partial charge in [0.2, 0.25) is 11.8 Å². The summed E-state index contributed by atoms with van der Waals surface area (Å²) in [5.74, 6) is -0.765. The van der Waals surface area contributed by atoms with Crippen molar-refractivity contribution in [3.8, 4) is 0 Å². The Morgan fingerprint density at radius 2 is 1.85 bits per heavy atom. The van der Waals surface area contributed by atoms with Crippen molar-refractivity contribution in [3.63, 3.8) is 0 Å². The number of rotatable bonds is 4. The van der Waals surface area contributed by atoms with Crippen LogP contribution < -0.4 is 10.2 Å². The summed E-state index contributed by atoms with van der Waals surface area (Å²) in [5, 5.41) is 13.0. The molecule has 0 aromatic heterocycles. The van der Waals surface area contributed by atoms with Gasteiger partial charge in [-0.1, -0.05) is 12.1 Å². The standard InChI is InChI=1S/C21H19F3N4O4S/c22-21(23,24)13-5-6-17-14(11-13)25-20(30)18(33-17)12-19(29)27-9-7-26(8-10-27)15-3-1-2-4-16(15)28(31)32/h1-6,11,18H,7-10,12H2,(H,25,30)/t18-/m1/s1. The second-order valence-corrected chi connectivity index (χ2v) is 8.87. The van der Waals surface area contributed by atoms with Crippen LogP contribution in [0.3, 0.4) is 0 Å². The lowest BCUT2D eigenvalue weighted by Gasteiger charge is -2.36. The number of benzene rings is 2. The molecule has 0 radical (unpaired) electrons. The van der Waals surface area contributed by atoms with Crippen molar-refractivity contribution in [1.29, 1.82) is 0 Å². The van der Waals surface area contributed by atoms with Crippen molar-refractivity contribution >= 4 is 40.6 Å². The number of para-hydroxylation sites is 2. The van der Waals surface area contributed by atoms with Gasteiger partial charge in [0.25, 0.3) is 5.69 Å². The van der Waals surface area contributed by atoms with E-state index in [1.54, 1.807) is 23.1 Å². The Hall–Kier alpha value is -3.28. The Kier molecular flexibility index (Phi) is 6.19. The monoisotopic (exact) mass is 480 g/mol. The minimum Gasteiger partial charge on any atom is -0.362 e. The predicted octanol–water partition coefficient (Wildman–Crippen LogP) is 3.77. The Bertz CT molecular complexity index is 1100. The fourth-order valence-electron chi connectivity index (χ4n) is 3.83. The molecule has 4 rings (SSSR count). The van der Waals surface area contributed by atoms with Crippen LogP contribution in [0, 0.1) is 10.1 Å². The van der Waals surface area contributed by atoms with Crippen LogP contribution in [0.4, 0.5) is 30.2 Å². The summed E-state index contributed by atoms with van der Waals surface area (Å²) in [5.41, 5.74) is -0.277. The molecule has 2 aromatic carbocycles. The zero-order valence-corrected chi connectivity index (χ0v) is 18.0. The number of thioether (sulfide) groups is 1. The molecular weight excluding hydrogens is 461 g/mol. The van der Waals surface area contributed by atoms with Crippen LogP contribution in [0.15, 0.2) is 47.4 Å². The van der Waals surface area contributed by atoms with Crippen molar-refractivity contribution in [2.75, 3.05) is 36.4 Å². The van der Waals surface area contributed by atoms with Gasteiger partial charge in [-0.25, -0.2) is 0 Å². The summed E-state index contributed by atoms with van der Waals surface area (Å²) in [6.45, 7) is 1.50. The number of carbonyl (C=O) groups excluding carboxylic acids is 2. The number of hydrogen-bond donors (Lipinski definition) is 1. The maximum atomic E-state index is 12.9. The van der Waals surface area contributed by atoms with E-state index in [-0.39, 0.29) is 23.7 Å². The van der Waals surface area contributed by atoms with Crippen LogP contribution in [-0.4, -0.2) is 53.1 Å². The highest BCUT2D eigenvalue weighted by Gasteiger charge is 2.35. The second kappa shape index (κ2) is 8.93. The fraction of sp³-hybridized carbons (Fsp3) is 0.333. The van der Waals surface area contributed by atoms with E-state index in [1.165, 1.54) is 12.1 Å². The molecule has 1 N–H and O–H groups in total. The number of carbonyl (C=O) groups is 2.